The molecule has 134 valence electrons. The molecule has 2 N–H and O–H groups in total. The Hall–Kier alpha value is -2.86. The van der Waals surface area contributed by atoms with Gasteiger partial charge < -0.3 is 14.6 Å². The molecule has 1 heterocycles. The van der Waals surface area contributed by atoms with E-state index in [1.807, 2.05) is 48.5 Å². The first-order valence-corrected chi connectivity index (χ1v) is 8.97. The van der Waals surface area contributed by atoms with Crippen molar-refractivity contribution < 1.29 is 9.21 Å². The molecule has 3 aromatic rings. The third-order valence-electron chi connectivity index (χ3n) is 4.13. The number of thiocarbonyl (C=S) groups is 1. The van der Waals surface area contributed by atoms with Gasteiger partial charge in [0.25, 0.3) is 5.91 Å². The normalized spacial score (nSPS) is 10.5. The fraction of sp³-hybridized carbons (Fsp3) is 0.200. The van der Waals surface area contributed by atoms with Gasteiger partial charge in [0.2, 0.25) is 0 Å². The van der Waals surface area contributed by atoms with Crippen LogP contribution in [0.2, 0.25) is 0 Å². The molecule has 0 saturated carbocycles. The highest BCUT2D eigenvalue weighted by Gasteiger charge is 2.13. The van der Waals surface area contributed by atoms with E-state index in [0.717, 1.165) is 29.9 Å². The SMILES string of the molecule is CCN(CC)c1ccc(NC(=S)NC(=O)c2cc3ccccc3o2)cc1. The summed E-state index contributed by atoms with van der Waals surface area (Å²) < 4.78 is 5.54. The highest BCUT2D eigenvalue weighted by molar-refractivity contribution is 7.80. The molecule has 0 spiro atoms. The zero-order chi connectivity index (χ0) is 18.5. The molecule has 5 nitrogen and oxygen atoms in total. The molecule has 26 heavy (non-hydrogen) atoms. The Kier molecular flexibility index (Phi) is 5.53. The van der Waals surface area contributed by atoms with Gasteiger partial charge in [-0.3, -0.25) is 10.1 Å². The van der Waals surface area contributed by atoms with Gasteiger partial charge in [0.05, 0.1) is 0 Å². The van der Waals surface area contributed by atoms with Gasteiger partial charge in [-0.25, -0.2) is 0 Å². The second kappa shape index (κ2) is 8.01. The predicted octanol–water partition coefficient (Wildman–Crippen LogP) is 4.41. The Labute approximate surface area is 158 Å². The summed E-state index contributed by atoms with van der Waals surface area (Å²) in [5.74, 6) is -0.148. The lowest BCUT2D eigenvalue weighted by Crippen LogP contribution is -2.33. The molecule has 0 aliphatic rings. The zero-order valence-corrected chi connectivity index (χ0v) is 15.6. The first-order valence-electron chi connectivity index (χ1n) is 8.56. The largest absolute Gasteiger partial charge is 0.451 e. The summed E-state index contributed by atoms with van der Waals surface area (Å²) in [6, 6.07) is 17.1. The van der Waals surface area contributed by atoms with E-state index in [4.69, 9.17) is 16.6 Å². The molecule has 2 aromatic carbocycles. The summed E-state index contributed by atoms with van der Waals surface area (Å²) in [6.07, 6.45) is 0. The van der Waals surface area contributed by atoms with Crippen molar-refractivity contribution in [3.05, 3.63) is 60.4 Å². The minimum Gasteiger partial charge on any atom is -0.451 e. The highest BCUT2D eigenvalue weighted by atomic mass is 32.1. The van der Waals surface area contributed by atoms with Crippen LogP contribution in [0.3, 0.4) is 0 Å². The average Bonchev–Trinajstić information content (AvgIpc) is 3.08. The standard InChI is InChI=1S/C20H21N3O2S/c1-3-23(4-2)16-11-9-15(10-12-16)21-20(26)22-19(24)18-13-14-7-5-6-8-17(14)25-18/h5-13H,3-4H2,1-2H3,(H2,21,22,24,26). The van der Waals surface area contributed by atoms with E-state index in [0.29, 0.717) is 5.58 Å². The summed E-state index contributed by atoms with van der Waals surface area (Å²) in [7, 11) is 0. The third-order valence-corrected chi connectivity index (χ3v) is 4.33. The Morgan fingerprint density at radius 1 is 1.08 bits per heavy atom. The molecule has 0 aliphatic heterocycles. The summed E-state index contributed by atoms with van der Waals surface area (Å²) in [5, 5.41) is 6.77. The fourth-order valence-electron chi connectivity index (χ4n) is 2.77. The van der Waals surface area contributed by atoms with Crippen molar-refractivity contribution in [1.29, 1.82) is 0 Å². The third kappa shape index (κ3) is 4.03. The van der Waals surface area contributed by atoms with Crippen molar-refractivity contribution >= 4 is 45.6 Å². The maximum absolute atomic E-state index is 12.3. The highest BCUT2D eigenvalue weighted by Crippen LogP contribution is 2.19. The molecular formula is C20H21N3O2S. The van der Waals surface area contributed by atoms with Crippen LogP contribution in [0.1, 0.15) is 24.4 Å². The second-order valence-corrected chi connectivity index (χ2v) is 6.18. The monoisotopic (exact) mass is 367 g/mol. The van der Waals surface area contributed by atoms with Crippen molar-refractivity contribution in [2.45, 2.75) is 13.8 Å². The van der Waals surface area contributed by atoms with Gasteiger partial charge in [-0.15, -0.1) is 0 Å². The van der Waals surface area contributed by atoms with Crippen LogP contribution in [0.15, 0.2) is 59.0 Å². The van der Waals surface area contributed by atoms with E-state index in [-0.39, 0.29) is 16.8 Å². The van der Waals surface area contributed by atoms with Crippen LogP contribution in [0.4, 0.5) is 11.4 Å². The van der Waals surface area contributed by atoms with Gasteiger partial charge in [0.15, 0.2) is 10.9 Å². The van der Waals surface area contributed by atoms with Gasteiger partial charge in [-0.1, -0.05) is 18.2 Å². The van der Waals surface area contributed by atoms with Crippen molar-refractivity contribution in [3.8, 4) is 0 Å². The van der Waals surface area contributed by atoms with Crippen LogP contribution < -0.4 is 15.5 Å². The first kappa shape index (κ1) is 17.9. The molecule has 0 saturated heterocycles. The lowest BCUT2D eigenvalue weighted by Gasteiger charge is -2.21. The number of rotatable bonds is 5. The number of amides is 1. The molecule has 0 bridgehead atoms. The quantitative estimate of drug-likeness (QED) is 0.655. The van der Waals surface area contributed by atoms with Crippen molar-refractivity contribution in [1.82, 2.24) is 5.32 Å². The Bertz CT molecular complexity index is 881. The number of benzene rings is 2. The molecule has 0 fully saturated rings. The van der Waals surface area contributed by atoms with Gasteiger partial charge in [-0.2, -0.15) is 0 Å². The number of furan rings is 1. The van der Waals surface area contributed by atoms with E-state index in [9.17, 15) is 4.79 Å². The van der Waals surface area contributed by atoms with E-state index in [1.54, 1.807) is 6.07 Å². The minimum absolute atomic E-state index is 0.228. The van der Waals surface area contributed by atoms with E-state index >= 15 is 0 Å². The molecule has 0 aliphatic carbocycles. The smallest absolute Gasteiger partial charge is 0.293 e. The van der Waals surface area contributed by atoms with Gasteiger partial charge >= 0.3 is 0 Å². The molecule has 3 rings (SSSR count). The molecule has 0 radical (unpaired) electrons. The van der Waals surface area contributed by atoms with E-state index in [2.05, 4.69) is 29.4 Å². The van der Waals surface area contributed by atoms with Crippen LogP contribution in [0.5, 0.6) is 0 Å². The van der Waals surface area contributed by atoms with E-state index < -0.39 is 0 Å². The van der Waals surface area contributed by atoms with Crippen molar-refractivity contribution in [2.24, 2.45) is 0 Å². The first-order chi connectivity index (χ1) is 12.6. The lowest BCUT2D eigenvalue weighted by molar-refractivity contribution is 0.0953. The van der Waals surface area contributed by atoms with Crippen LogP contribution in [0, 0.1) is 0 Å². The minimum atomic E-state index is -0.376. The number of nitrogens with zero attached hydrogens (tertiary/aromatic N) is 1. The number of fused-ring (bicyclic) bond motifs is 1. The maximum atomic E-state index is 12.3. The second-order valence-electron chi connectivity index (χ2n) is 5.78. The number of para-hydroxylation sites is 1. The molecule has 0 atom stereocenters. The molecule has 1 aromatic heterocycles. The van der Waals surface area contributed by atoms with Crippen LogP contribution in [0.25, 0.3) is 11.0 Å². The van der Waals surface area contributed by atoms with Crippen LogP contribution >= 0.6 is 12.2 Å². The Balaban J connectivity index is 1.62. The number of carbonyl (C=O) groups is 1. The fourth-order valence-corrected chi connectivity index (χ4v) is 2.98. The maximum Gasteiger partial charge on any atom is 0.293 e. The Morgan fingerprint density at radius 3 is 2.42 bits per heavy atom. The number of nitrogens with one attached hydrogen (secondary N) is 2. The summed E-state index contributed by atoms with van der Waals surface area (Å²) in [6.45, 7) is 6.15. The molecule has 1 amide bonds. The topological polar surface area (TPSA) is 57.5 Å². The number of hydrogen-bond donors (Lipinski definition) is 2. The van der Waals surface area contributed by atoms with Gasteiger partial charge in [0.1, 0.15) is 5.58 Å². The molecule has 6 heteroatoms. The summed E-state index contributed by atoms with van der Waals surface area (Å²) in [4.78, 5) is 14.6. The van der Waals surface area contributed by atoms with Gasteiger partial charge in [0, 0.05) is 29.9 Å². The van der Waals surface area contributed by atoms with E-state index in [1.165, 1.54) is 0 Å². The summed E-state index contributed by atoms with van der Waals surface area (Å²) in [5.41, 5.74) is 2.64. The summed E-state index contributed by atoms with van der Waals surface area (Å²) >= 11 is 5.23. The predicted molar refractivity (Wildman–Crippen MR) is 110 cm³/mol. The zero-order valence-electron chi connectivity index (χ0n) is 14.8. The Morgan fingerprint density at radius 2 is 1.77 bits per heavy atom. The van der Waals surface area contributed by atoms with Crippen LogP contribution in [-0.2, 0) is 0 Å². The van der Waals surface area contributed by atoms with Crippen molar-refractivity contribution in [2.75, 3.05) is 23.3 Å². The van der Waals surface area contributed by atoms with Crippen LogP contribution in [-0.4, -0.2) is 24.1 Å². The average molecular weight is 367 g/mol. The van der Waals surface area contributed by atoms with Crippen molar-refractivity contribution in [3.63, 3.8) is 0 Å². The molecule has 0 unspecified atom stereocenters. The molecular weight excluding hydrogens is 346 g/mol. The lowest BCUT2D eigenvalue weighted by atomic mass is 10.2. The van der Waals surface area contributed by atoms with Gasteiger partial charge in [-0.05, 0) is 62.5 Å². The number of anilines is 2. The number of hydrogen-bond acceptors (Lipinski definition) is 4. The number of carbonyl (C=O) groups excluding carboxylic acids is 1.